The number of halogens is 1. The number of thiophene rings is 1. The number of carbonyl (C=O) groups is 3. The summed E-state index contributed by atoms with van der Waals surface area (Å²) < 4.78 is 0.0288. The van der Waals surface area contributed by atoms with Crippen molar-refractivity contribution in [3.05, 3.63) is 20.4 Å². The summed E-state index contributed by atoms with van der Waals surface area (Å²) in [5, 5.41) is 14.2. The van der Waals surface area contributed by atoms with Gasteiger partial charge in [0.1, 0.15) is 9.36 Å². The number of rotatable bonds is 3. The van der Waals surface area contributed by atoms with Crippen molar-refractivity contribution in [3.63, 3.8) is 0 Å². The molecule has 0 aromatic carbocycles. The summed E-state index contributed by atoms with van der Waals surface area (Å²) in [5.74, 6) is -1.54. The Hall–Kier alpha value is -1.91. The molecule has 0 spiro atoms. The van der Waals surface area contributed by atoms with Gasteiger partial charge in [-0.25, -0.2) is 4.79 Å². The lowest BCUT2D eigenvalue weighted by Gasteiger charge is -2.14. The van der Waals surface area contributed by atoms with Crippen molar-refractivity contribution in [1.29, 1.82) is 0 Å². The standard InChI is InChI=1S/C11H11BrN4O4S/c1-16(2)11(20)8-7(17)4(3-21-8)13-6-5(12)9(18)14-15-10(6)19/h3,17H,1-2H3,(H,15,19)(H2,13,14,18)/p+1. The molecule has 0 radical (unpaired) electrons. The lowest BCUT2D eigenvalue weighted by Crippen LogP contribution is -2.99. The van der Waals surface area contributed by atoms with Gasteiger partial charge in [-0.3, -0.25) is 9.59 Å². The molecule has 1 aliphatic rings. The molecule has 0 unspecified atom stereocenters. The van der Waals surface area contributed by atoms with Crippen molar-refractivity contribution in [3.8, 4) is 5.75 Å². The highest BCUT2D eigenvalue weighted by Gasteiger charge is 2.30. The summed E-state index contributed by atoms with van der Waals surface area (Å²) in [7, 11) is 3.13. The van der Waals surface area contributed by atoms with Gasteiger partial charge in [-0.15, -0.1) is 11.3 Å². The SMILES string of the molecule is CN(C)C(=O)c1scc(NC2=C(Br)C(=O)N[NH2+]C2=O)c1O. The first-order valence-electron chi connectivity index (χ1n) is 5.70. The average Bonchev–Trinajstić information content (AvgIpc) is 2.79. The van der Waals surface area contributed by atoms with Crippen LogP contribution in [0.2, 0.25) is 0 Å². The van der Waals surface area contributed by atoms with Gasteiger partial charge in [0.25, 0.3) is 5.91 Å². The van der Waals surface area contributed by atoms with Crippen LogP contribution in [0.5, 0.6) is 5.75 Å². The molecule has 2 rings (SSSR count). The summed E-state index contributed by atoms with van der Waals surface area (Å²) in [4.78, 5) is 36.5. The van der Waals surface area contributed by atoms with Gasteiger partial charge in [-0.05, 0) is 15.9 Å². The summed E-state index contributed by atoms with van der Waals surface area (Å²) >= 11 is 4.05. The Balaban J connectivity index is 2.33. The number of primary amides is 1. The molecule has 1 aromatic heterocycles. The zero-order valence-corrected chi connectivity index (χ0v) is 13.5. The van der Waals surface area contributed by atoms with Crippen LogP contribution in [0.15, 0.2) is 15.6 Å². The maximum absolute atomic E-state index is 11.8. The predicted molar refractivity (Wildman–Crippen MR) is 78.7 cm³/mol. The van der Waals surface area contributed by atoms with E-state index in [-0.39, 0.29) is 32.4 Å². The summed E-state index contributed by atoms with van der Waals surface area (Å²) in [6, 6.07) is 0. The first-order chi connectivity index (χ1) is 9.82. The molecule has 5 N–H and O–H groups in total. The fraction of sp³-hybridized carbons (Fsp3) is 0.182. The zero-order chi connectivity index (χ0) is 15.7. The number of anilines is 1. The normalized spacial score (nSPS) is 15.0. The fourth-order valence-corrected chi connectivity index (χ4v) is 2.85. The Bertz CT molecular complexity index is 667. The Morgan fingerprint density at radius 1 is 1.48 bits per heavy atom. The van der Waals surface area contributed by atoms with Crippen LogP contribution in [0.1, 0.15) is 9.67 Å². The molecule has 0 fully saturated rings. The number of hydrogen-bond donors (Lipinski definition) is 4. The molecular formula is C11H12BrN4O4S+. The molecular weight excluding hydrogens is 364 g/mol. The second kappa shape index (κ2) is 5.84. The molecule has 0 aliphatic carbocycles. The van der Waals surface area contributed by atoms with Crippen LogP contribution >= 0.6 is 27.3 Å². The molecule has 2 heterocycles. The minimum atomic E-state index is -0.476. The first kappa shape index (κ1) is 15.5. The van der Waals surface area contributed by atoms with Crippen molar-refractivity contribution >= 4 is 50.7 Å². The maximum Gasteiger partial charge on any atom is 0.384 e. The number of nitrogens with zero attached hydrogens (tertiary/aromatic N) is 1. The highest BCUT2D eigenvalue weighted by atomic mass is 79.9. The van der Waals surface area contributed by atoms with Crippen molar-refractivity contribution in [1.82, 2.24) is 10.3 Å². The first-order valence-corrected chi connectivity index (χ1v) is 7.37. The summed E-state index contributed by atoms with van der Waals surface area (Å²) in [6.07, 6.45) is 0. The molecule has 21 heavy (non-hydrogen) atoms. The van der Waals surface area contributed by atoms with Crippen molar-refractivity contribution < 1.29 is 24.9 Å². The molecule has 0 bridgehead atoms. The third kappa shape index (κ3) is 2.91. The van der Waals surface area contributed by atoms with E-state index in [1.807, 2.05) is 0 Å². The van der Waals surface area contributed by atoms with Gasteiger partial charge in [-0.1, -0.05) is 0 Å². The highest BCUT2D eigenvalue weighted by molar-refractivity contribution is 9.12. The minimum absolute atomic E-state index is 0.00398. The van der Waals surface area contributed by atoms with E-state index in [1.165, 1.54) is 10.3 Å². The Kier molecular flexibility index (Phi) is 4.30. The molecule has 1 aromatic rings. The maximum atomic E-state index is 11.8. The van der Waals surface area contributed by atoms with Gasteiger partial charge >= 0.3 is 11.8 Å². The molecule has 10 heteroatoms. The summed E-state index contributed by atoms with van der Waals surface area (Å²) in [5.41, 5.74) is 3.47. The Morgan fingerprint density at radius 3 is 2.76 bits per heavy atom. The van der Waals surface area contributed by atoms with Crippen LogP contribution in [0.4, 0.5) is 5.69 Å². The number of quaternary nitrogens is 1. The Morgan fingerprint density at radius 2 is 2.14 bits per heavy atom. The van der Waals surface area contributed by atoms with E-state index in [1.54, 1.807) is 14.1 Å². The third-order valence-corrected chi connectivity index (χ3v) is 4.34. The van der Waals surface area contributed by atoms with Crippen LogP contribution in [0.25, 0.3) is 0 Å². The molecule has 0 saturated carbocycles. The number of aromatic hydroxyl groups is 1. The van der Waals surface area contributed by atoms with E-state index < -0.39 is 11.8 Å². The van der Waals surface area contributed by atoms with Gasteiger partial charge in [0.15, 0.2) is 11.4 Å². The van der Waals surface area contributed by atoms with E-state index in [0.29, 0.717) is 0 Å². The summed E-state index contributed by atoms with van der Waals surface area (Å²) in [6.45, 7) is 0. The average molecular weight is 376 g/mol. The predicted octanol–water partition coefficient (Wildman–Crippen LogP) is -0.691. The van der Waals surface area contributed by atoms with Gasteiger partial charge in [0.2, 0.25) is 0 Å². The second-order valence-corrected chi connectivity index (χ2v) is 6.00. The van der Waals surface area contributed by atoms with E-state index in [9.17, 15) is 19.5 Å². The quantitative estimate of drug-likeness (QED) is 0.412. The molecule has 1 aliphatic heterocycles. The van der Waals surface area contributed by atoms with E-state index >= 15 is 0 Å². The molecule has 3 amide bonds. The van der Waals surface area contributed by atoms with Crippen molar-refractivity contribution in [2.75, 3.05) is 19.4 Å². The number of nitrogens with one attached hydrogen (secondary N) is 2. The molecule has 112 valence electrons. The number of amides is 3. The molecule has 0 saturated heterocycles. The van der Waals surface area contributed by atoms with Gasteiger partial charge in [0.05, 0.1) is 5.69 Å². The van der Waals surface area contributed by atoms with Crippen LogP contribution in [0.3, 0.4) is 0 Å². The monoisotopic (exact) mass is 375 g/mol. The van der Waals surface area contributed by atoms with Crippen LogP contribution in [-0.2, 0) is 9.59 Å². The topological polar surface area (TPSA) is 115 Å². The molecule has 0 atom stereocenters. The van der Waals surface area contributed by atoms with Crippen LogP contribution < -0.4 is 16.2 Å². The number of hydrogen-bond acceptors (Lipinski definition) is 6. The fourth-order valence-electron chi connectivity index (χ4n) is 1.53. The van der Waals surface area contributed by atoms with Crippen molar-refractivity contribution in [2.24, 2.45) is 0 Å². The largest absolute Gasteiger partial charge is 0.504 e. The van der Waals surface area contributed by atoms with E-state index in [4.69, 9.17) is 0 Å². The zero-order valence-electron chi connectivity index (χ0n) is 11.1. The third-order valence-electron chi connectivity index (χ3n) is 2.62. The van der Waals surface area contributed by atoms with Crippen LogP contribution in [0, 0.1) is 0 Å². The van der Waals surface area contributed by atoms with Crippen molar-refractivity contribution in [2.45, 2.75) is 0 Å². The van der Waals surface area contributed by atoms with Gasteiger partial charge < -0.3 is 15.3 Å². The van der Waals surface area contributed by atoms with Gasteiger partial charge in [-0.2, -0.15) is 10.9 Å². The highest BCUT2D eigenvalue weighted by Crippen LogP contribution is 2.36. The van der Waals surface area contributed by atoms with E-state index in [0.717, 1.165) is 16.8 Å². The van der Waals surface area contributed by atoms with E-state index in [2.05, 4.69) is 26.7 Å². The molecule has 8 nitrogen and oxygen atoms in total. The number of carbonyl (C=O) groups excluding carboxylic acids is 3. The minimum Gasteiger partial charge on any atom is -0.504 e. The number of nitrogens with two attached hydrogens (primary N) is 1. The van der Waals surface area contributed by atoms with Crippen LogP contribution in [-0.4, -0.2) is 41.8 Å². The lowest BCUT2D eigenvalue weighted by molar-refractivity contribution is -0.612. The van der Waals surface area contributed by atoms with Gasteiger partial charge in [0, 0.05) is 19.5 Å². The second-order valence-electron chi connectivity index (χ2n) is 4.32. The Labute approximate surface area is 131 Å². The smallest absolute Gasteiger partial charge is 0.384 e. The lowest BCUT2D eigenvalue weighted by atomic mass is 10.3.